The molecular formula is C16H16N2. The standard InChI is InChI=1S/C16H16N2/c17-12-15-11-14(9-10-16(15)18)8-4-7-13-5-2-1-3-6-13/h1-3,5-6,9-11H,4,7-8,18H2. The van der Waals surface area contributed by atoms with Crippen molar-refractivity contribution < 1.29 is 0 Å². The second kappa shape index (κ2) is 5.88. The summed E-state index contributed by atoms with van der Waals surface area (Å²) in [6.45, 7) is 0. The van der Waals surface area contributed by atoms with Crippen molar-refractivity contribution in [2.24, 2.45) is 0 Å². The van der Waals surface area contributed by atoms with Gasteiger partial charge in [-0.2, -0.15) is 5.26 Å². The van der Waals surface area contributed by atoms with Crippen molar-refractivity contribution in [2.75, 3.05) is 5.73 Å². The predicted octanol–water partition coefficient (Wildman–Crippen LogP) is 3.32. The summed E-state index contributed by atoms with van der Waals surface area (Å²) in [6.07, 6.45) is 3.12. The minimum absolute atomic E-state index is 0.560. The molecule has 2 aromatic rings. The molecule has 0 heterocycles. The molecule has 0 amide bonds. The number of rotatable bonds is 4. The average Bonchev–Trinajstić information content (AvgIpc) is 2.42. The highest BCUT2D eigenvalue weighted by atomic mass is 14.6. The molecule has 0 unspecified atom stereocenters. The summed E-state index contributed by atoms with van der Waals surface area (Å²) in [4.78, 5) is 0. The predicted molar refractivity (Wildman–Crippen MR) is 74.0 cm³/mol. The van der Waals surface area contributed by atoms with Crippen molar-refractivity contribution in [3.63, 3.8) is 0 Å². The molecule has 0 aromatic heterocycles. The van der Waals surface area contributed by atoms with Crippen LogP contribution in [0.15, 0.2) is 48.5 Å². The van der Waals surface area contributed by atoms with Gasteiger partial charge in [-0.15, -0.1) is 0 Å². The lowest BCUT2D eigenvalue weighted by Crippen LogP contribution is -1.94. The number of anilines is 1. The van der Waals surface area contributed by atoms with Crippen LogP contribution in [0.5, 0.6) is 0 Å². The summed E-state index contributed by atoms with van der Waals surface area (Å²) < 4.78 is 0. The van der Waals surface area contributed by atoms with Crippen molar-refractivity contribution in [2.45, 2.75) is 19.3 Å². The Labute approximate surface area is 108 Å². The quantitative estimate of drug-likeness (QED) is 0.828. The van der Waals surface area contributed by atoms with E-state index in [4.69, 9.17) is 11.0 Å². The molecule has 90 valence electrons. The fourth-order valence-corrected chi connectivity index (χ4v) is 2.00. The zero-order valence-corrected chi connectivity index (χ0v) is 10.3. The van der Waals surface area contributed by atoms with E-state index >= 15 is 0 Å². The van der Waals surface area contributed by atoms with E-state index in [-0.39, 0.29) is 0 Å². The zero-order chi connectivity index (χ0) is 12.8. The van der Waals surface area contributed by atoms with Crippen molar-refractivity contribution in [3.8, 4) is 6.07 Å². The summed E-state index contributed by atoms with van der Waals surface area (Å²) in [6, 6.07) is 18.3. The van der Waals surface area contributed by atoms with Crippen LogP contribution in [0.4, 0.5) is 5.69 Å². The van der Waals surface area contributed by atoms with E-state index in [2.05, 4.69) is 30.3 Å². The molecule has 2 aromatic carbocycles. The Morgan fingerprint density at radius 1 is 0.944 bits per heavy atom. The van der Waals surface area contributed by atoms with Gasteiger partial charge < -0.3 is 5.73 Å². The monoisotopic (exact) mass is 236 g/mol. The molecule has 0 radical (unpaired) electrons. The molecule has 2 rings (SSSR count). The van der Waals surface area contributed by atoms with Gasteiger partial charge >= 0.3 is 0 Å². The van der Waals surface area contributed by atoms with Gasteiger partial charge in [0.2, 0.25) is 0 Å². The minimum atomic E-state index is 0.560. The summed E-state index contributed by atoms with van der Waals surface area (Å²) in [5, 5.41) is 8.92. The van der Waals surface area contributed by atoms with Crippen LogP contribution in [-0.4, -0.2) is 0 Å². The molecule has 2 heteroatoms. The fraction of sp³-hybridized carbons (Fsp3) is 0.188. The highest BCUT2D eigenvalue weighted by molar-refractivity contribution is 5.55. The molecule has 0 fully saturated rings. The number of benzene rings is 2. The maximum absolute atomic E-state index is 8.92. The summed E-state index contributed by atoms with van der Waals surface area (Å²) >= 11 is 0. The van der Waals surface area contributed by atoms with Gasteiger partial charge in [0.25, 0.3) is 0 Å². The van der Waals surface area contributed by atoms with Crippen molar-refractivity contribution >= 4 is 5.69 Å². The number of hydrogen-bond acceptors (Lipinski definition) is 2. The van der Waals surface area contributed by atoms with Crippen LogP contribution in [-0.2, 0) is 12.8 Å². The highest BCUT2D eigenvalue weighted by Crippen LogP contribution is 2.15. The topological polar surface area (TPSA) is 49.8 Å². The Morgan fingerprint density at radius 3 is 2.39 bits per heavy atom. The largest absolute Gasteiger partial charge is 0.398 e. The third-order valence-corrected chi connectivity index (χ3v) is 3.01. The highest BCUT2D eigenvalue weighted by Gasteiger charge is 2.00. The Morgan fingerprint density at radius 2 is 1.67 bits per heavy atom. The second-order valence-corrected chi connectivity index (χ2v) is 4.37. The van der Waals surface area contributed by atoms with E-state index in [9.17, 15) is 0 Å². The van der Waals surface area contributed by atoms with Crippen LogP contribution in [0.1, 0.15) is 23.1 Å². The molecule has 0 saturated heterocycles. The maximum Gasteiger partial charge on any atom is 0.101 e. The summed E-state index contributed by atoms with van der Waals surface area (Å²) in [5.41, 5.74) is 9.37. The molecule has 0 saturated carbocycles. The first kappa shape index (κ1) is 12.2. The van der Waals surface area contributed by atoms with Crippen LogP contribution in [0, 0.1) is 11.3 Å². The first-order valence-electron chi connectivity index (χ1n) is 6.12. The number of hydrogen-bond donors (Lipinski definition) is 1. The Bertz CT molecular complexity index is 553. The average molecular weight is 236 g/mol. The summed E-state index contributed by atoms with van der Waals surface area (Å²) in [7, 11) is 0. The van der Waals surface area contributed by atoms with Gasteiger partial charge in [0, 0.05) is 5.69 Å². The molecule has 0 bridgehead atoms. The van der Waals surface area contributed by atoms with Gasteiger partial charge in [0.1, 0.15) is 6.07 Å². The molecule has 0 aliphatic rings. The lowest BCUT2D eigenvalue weighted by Gasteiger charge is -2.04. The van der Waals surface area contributed by atoms with E-state index in [0.29, 0.717) is 11.3 Å². The van der Waals surface area contributed by atoms with Gasteiger partial charge in [-0.3, -0.25) is 0 Å². The maximum atomic E-state index is 8.92. The Balaban J connectivity index is 1.93. The molecule has 2 N–H and O–H groups in total. The van der Waals surface area contributed by atoms with E-state index in [1.807, 2.05) is 24.3 Å². The van der Waals surface area contributed by atoms with Crippen LogP contribution in [0.2, 0.25) is 0 Å². The number of nitrogens with two attached hydrogens (primary N) is 1. The Hall–Kier alpha value is -2.27. The fourth-order valence-electron chi connectivity index (χ4n) is 2.00. The molecule has 0 aliphatic heterocycles. The van der Waals surface area contributed by atoms with Crippen LogP contribution in [0.3, 0.4) is 0 Å². The van der Waals surface area contributed by atoms with Crippen LogP contribution < -0.4 is 5.73 Å². The summed E-state index contributed by atoms with van der Waals surface area (Å²) in [5.74, 6) is 0. The third kappa shape index (κ3) is 3.11. The molecule has 0 spiro atoms. The number of nitriles is 1. The van der Waals surface area contributed by atoms with E-state index in [0.717, 1.165) is 19.3 Å². The first-order chi connectivity index (χ1) is 8.79. The molecule has 2 nitrogen and oxygen atoms in total. The van der Waals surface area contributed by atoms with Gasteiger partial charge in [0.15, 0.2) is 0 Å². The van der Waals surface area contributed by atoms with Crippen molar-refractivity contribution in [1.29, 1.82) is 5.26 Å². The second-order valence-electron chi connectivity index (χ2n) is 4.37. The van der Waals surface area contributed by atoms with Gasteiger partial charge in [0.05, 0.1) is 5.56 Å². The zero-order valence-electron chi connectivity index (χ0n) is 10.3. The SMILES string of the molecule is N#Cc1cc(CCCc2ccccc2)ccc1N. The smallest absolute Gasteiger partial charge is 0.101 e. The van der Waals surface area contributed by atoms with Gasteiger partial charge in [-0.1, -0.05) is 36.4 Å². The number of nitrogens with zero attached hydrogens (tertiary/aromatic N) is 1. The minimum Gasteiger partial charge on any atom is -0.398 e. The normalized spacial score (nSPS) is 9.94. The third-order valence-electron chi connectivity index (χ3n) is 3.01. The first-order valence-corrected chi connectivity index (χ1v) is 6.12. The van der Waals surface area contributed by atoms with Crippen molar-refractivity contribution in [1.82, 2.24) is 0 Å². The van der Waals surface area contributed by atoms with E-state index in [1.165, 1.54) is 11.1 Å². The van der Waals surface area contributed by atoms with E-state index < -0.39 is 0 Å². The van der Waals surface area contributed by atoms with Gasteiger partial charge in [-0.05, 0) is 42.5 Å². The number of nitrogen functional groups attached to an aromatic ring is 1. The van der Waals surface area contributed by atoms with Crippen molar-refractivity contribution in [3.05, 3.63) is 65.2 Å². The molecular weight excluding hydrogens is 220 g/mol. The lowest BCUT2D eigenvalue weighted by molar-refractivity contribution is 0.820. The van der Waals surface area contributed by atoms with Crippen LogP contribution in [0.25, 0.3) is 0 Å². The van der Waals surface area contributed by atoms with Gasteiger partial charge in [-0.25, -0.2) is 0 Å². The van der Waals surface area contributed by atoms with Crippen LogP contribution >= 0.6 is 0 Å². The van der Waals surface area contributed by atoms with E-state index in [1.54, 1.807) is 0 Å². The number of aryl methyl sites for hydroxylation is 2. The molecule has 18 heavy (non-hydrogen) atoms. The molecule has 0 atom stereocenters. The molecule has 0 aliphatic carbocycles. The Kier molecular flexibility index (Phi) is 3.98. The lowest BCUT2D eigenvalue weighted by atomic mass is 10.0.